The molecule has 0 saturated carbocycles. The predicted molar refractivity (Wildman–Crippen MR) is 144 cm³/mol. The second-order valence-corrected chi connectivity index (χ2v) is 8.71. The Hall–Kier alpha value is -4.82. The van der Waals surface area contributed by atoms with Gasteiger partial charge in [-0.3, -0.25) is 24.6 Å². The highest BCUT2D eigenvalue weighted by Gasteiger charge is 2.34. The van der Waals surface area contributed by atoms with Gasteiger partial charge in [0.2, 0.25) is 0 Å². The van der Waals surface area contributed by atoms with E-state index in [0.29, 0.717) is 34.0 Å². The Morgan fingerprint density at radius 3 is 2.16 bits per heavy atom. The number of hydrogen-bond donors (Lipinski definition) is 1. The Bertz CT molecular complexity index is 1540. The van der Waals surface area contributed by atoms with Gasteiger partial charge < -0.3 is 9.30 Å². The first kappa shape index (κ1) is 23.9. The minimum atomic E-state index is -0.604. The van der Waals surface area contributed by atoms with Crippen molar-refractivity contribution in [2.24, 2.45) is 7.05 Å². The third-order valence-corrected chi connectivity index (χ3v) is 6.09. The lowest BCUT2D eigenvalue weighted by Crippen LogP contribution is -2.54. The molecule has 1 aliphatic rings. The standard InChI is InChI=1S/C29H21N3O4S/c1-31-18-20(26(33)19-8-4-2-5-9-19)16-22(31)17-25-27(34)30-29(37)32(28(25)35)21-12-14-24(15-13-21)36-23-10-6-3-7-11-23/h2-18H,1H3,(H,30,34,37). The molecule has 1 saturated heterocycles. The SMILES string of the molecule is Cn1cc(C(=O)c2ccccc2)cc1C=C1C(=O)NC(=S)N(c2ccc(Oc3ccccc3)cc2)C1=O. The van der Waals surface area contributed by atoms with Crippen molar-refractivity contribution < 1.29 is 19.1 Å². The van der Waals surface area contributed by atoms with Gasteiger partial charge in [0.1, 0.15) is 17.1 Å². The Labute approximate surface area is 218 Å². The molecule has 2 amide bonds. The van der Waals surface area contributed by atoms with Crippen molar-refractivity contribution in [1.82, 2.24) is 9.88 Å². The lowest BCUT2D eigenvalue weighted by atomic mass is 10.1. The number of thiocarbonyl (C=S) groups is 1. The quantitative estimate of drug-likeness (QED) is 0.174. The largest absolute Gasteiger partial charge is 0.457 e. The third-order valence-electron chi connectivity index (χ3n) is 5.81. The van der Waals surface area contributed by atoms with Crippen molar-refractivity contribution in [2.75, 3.05) is 4.90 Å². The van der Waals surface area contributed by atoms with Crippen LogP contribution in [-0.2, 0) is 16.6 Å². The zero-order chi connectivity index (χ0) is 25.9. The number of carbonyl (C=O) groups is 3. The molecule has 0 spiro atoms. The number of ketones is 1. The summed E-state index contributed by atoms with van der Waals surface area (Å²) < 4.78 is 7.50. The summed E-state index contributed by atoms with van der Waals surface area (Å²) in [4.78, 5) is 40.2. The van der Waals surface area contributed by atoms with Gasteiger partial charge >= 0.3 is 0 Å². The summed E-state index contributed by atoms with van der Waals surface area (Å²) in [5.74, 6) is -0.0505. The van der Waals surface area contributed by atoms with E-state index in [1.54, 1.807) is 72.4 Å². The number of anilines is 1. The molecule has 1 aliphatic heterocycles. The van der Waals surface area contributed by atoms with Gasteiger partial charge in [0, 0.05) is 30.1 Å². The minimum absolute atomic E-state index is 0.0179. The molecule has 1 aromatic heterocycles. The molecule has 1 N–H and O–H groups in total. The number of hydrogen-bond acceptors (Lipinski definition) is 5. The molecule has 0 unspecified atom stereocenters. The van der Waals surface area contributed by atoms with Crippen LogP contribution in [-0.4, -0.2) is 27.3 Å². The average molecular weight is 508 g/mol. The monoisotopic (exact) mass is 507 g/mol. The number of amides is 2. The fraction of sp³-hybridized carbons (Fsp3) is 0.0345. The highest BCUT2D eigenvalue weighted by molar-refractivity contribution is 7.80. The van der Waals surface area contributed by atoms with E-state index in [1.807, 2.05) is 36.4 Å². The summed E-state index contributed by atoms with van der Waals surface area (Å²) in [5.41, 5.74) is 1.91. The van der Waals surface area contributed by atoms with Crippen LogP contribution < -0.4 is 15.0 Å². The van der Waals surface area contributed by atoms with Gasteiger partial charge in [0.15, 0.2) is 10.9 Å². The van der Waals surface area contributed by atoms with Crippen LogP contribution in [0.2, 0.25) is 0 Å². The summed E-state index contributed by atoms with van der Waals surface area (Å²) in [5, 5.41) is 2.56. The molecule has 0 bridgehead atoms. The lowest BCUT2D eigenvalue weighted by molar-refractivity contribution is -0.122. The topological polar surface area (TPSA) is 80.6 Å². The molecular formula is C29H21N3O4S. The first-order valence-electron chi connectivity index (χ1n) is 11.4. The number of aromatic nitrogens is 1. The first-order valence-corrected chi connectivity index (χ1v) is 11.8. The Balaban J connectivity index is 1.40. The van der Waals surface area contributed by atoms with Gasteiger partial charge in [-0.2, -0.15) is 0 Å². The molecule has 3 aromatic carbocycles. The summed E-state index contributed by atoms with van der Waals surface area (Å²) in [6, 6.07) is 26.7. The van der Waals surface area contributed by atoms with Crippen LogP contribution in [0.4, 0.5) is 5.69 Å². The van der Waals surface area contributed by atoms with Crippen LogP contribution in [0.3, 0.4) is 0 Å². The van der Waals surface area contributed by atoms with Crippen LogP contribution in [0.1, 0.15) is 21.6 Å². The van der Waals surface area contributed by atoms with Gasteiger partial charge in [0.05, 0.1) is 5.69 Å². The number of nitrogens with zero attached hydrogens (tertiary/aromatic N) is 2. The van der Waals surface area contributed by atoms with Crippen molar-refractivity contribution in [3.63, 3.8) is 0 Å². The van der Waals surface area contributed by atoms with Crippen molar-refractivity contribution in [2.45, 2.75) is 0 Å². The van der Waals surface area contributed by atoms with Crippen molar-refractivity contribution in [1.29, 1.82) is 0 Å². The molecule has 5 rings (SSSR count). The molecule has 0 aliphatic carbocycles. The predicted octanol–water partition coefficient (Wildman–Crippen LogP) is 4.88. The Morgan fingerprint density at radius 1 is 0.865 bits per heavy atom. The van der Waals surface area contributed by atoms with E-state index >= 15 is 0 Å². The van der Waals surface area contributed by atoms with Gasteiger partial charge in [0.25, 0.3) is 11.8 Å². The van der Waals surface area contributed by atoms with E-state index in [1.165, 1.54) is 11.0 Å². The molecule has 1 fully saturated rings. The van der Waals surface area contributed by atoms with Gasteiger partial charge in [-0.05, 0) is 60.8 Å². The van der Waals surface area contributed by atoms with Gasteiger partial charge in [-0.1, -0.05) is 48.5 Å². The number of para-hydroxylation sites is 1. The highest BCUT2D eigenvalue weighted by atomic mass is 32.1. The second kappa shape index (κ2) is 10.0. The van der Waals surface area contributed by atoms with Crippen molar-refractivity contribution >= 4 is 46.7 Å². The maximum atomic E-state index is 13.4. The molecular weight excluding hydrogens is 486 g/mol. The molecule has 8 heteroatoms. The molecule has 7 nitrogen and oxygen atoms in total. The van der Waals surface area contributed by atoms with E-state index < -0.39 is 11.8 Å². The number of carbonyl (C=O) groups excluding carboxylic acids is 3. The smallest absolute Gasteiger partial charge is 0.270 e. The van der Waals surface area contributed by atoms with Crippen LogP contribution >= 0.6 is 12.2 Å². The van der Waals surface area contributed by atoms with Gasteiger partial charge in [-0.15, -0.1) is 0 Å². The first-order chi connectivity index (χ1) is 17.9. The second-order valence-electron chi connectivity index (χ2n) is 8.33. The third kappa shape index (κ3) is 4.96. The van der Waals surface area contributed by atoms with Crippen LogP contribution in [0.25, 0.3) is 6.08 Å². The number of aryl methyl sites for hydroxylation is 1. The minimum Gasteiger partial charge on any atom is -0.457 e. The molecule has 182 valence electrons. The zero-order valence-corrected chi connectivity index (χ0v) is 20.6. The zero-order valence-electron chi connectivity index (χ0n) is 19.8. The maximum Gasteiger partial charge on any atom is 0.270 e. The molecule has 0 radical (unpaired) electrons. The maximum absolute atomic E-state index is 13.4. The van der Waals surface area contributed by atoms with Crippen molar-refractivity contribution in [3.8, 4) is 11.5 Å². The molecule has 37 heavy (non-hydrogen) atoms. The van der Waals surface area contributed by atoms with Crippen LogP contribution in [0, 0.1) is 0 Å². The molecule has 4 aromatic rings. The van der Waals surface area contributed by atoms with Crippen molar-refractivity contribution in [3.05, 3.63) is 120 Å². The average Bonchev–Trinajstić information content (AvgIpc) is 3.28. The summed E-state index contributed by atoms with van der Waals surface area (Å²) >= 11 is 5.30. The molecule has 0 atom stereocenters. The summed E-state index contributed by atoms with van der Waals surface area (Å²) in [6.07, 6.45) is 3.13. The van der Waals surface area contributed by atoms with Crippen LogP contribution in [0.5, 0.6) is 11.5 Å². The van der Waals surface area contributed by atoms with Crippen LogP contribution in [0.15, 0.2) is 103 Å². The Morgan fingerprint density at radius 2 is 1.49 bits per heavy atom. The Kier molecular flexibility index (Phi) is 6.49. The molecule has 2 heterocycles. The summed E-state index contributed by atoms with van der Waals surface area (Å²) in [6.45, 7) is 0. The normalized spacial score (nSPS) is 14.6. The van der Waals surface area contributed by atoms with E-state index in [9.17, 15) is 14.4 Å². The van der Waals surface area contributed by atoms with E-state index in [0.717, 1.165) is 0 Å². The number of rotatable bonds is 6. The number of nitrogens with one attached hydrogen (secondary N) is 1. The summed E-state index contributed by atoms with van der Waals surface area (Å²) in [7, 11) is 1.74. The fourth-order valence-corrected chi connectivity index (χ4v) is 4.21. The highest BCUT2D eigenvalue weighted by Crippen LogP contribution is 2.27. The van der Waals surface area contributed by atoms with E-state index in [2.05, 4.69) is 5.32 Å². The lowest BCUT2D eigenvalue weighted by Gasteiger charge is -2.29. The van der Waals surface area contributed by atoms with E-state index in [-0.39, 0.29) is 16.5 Å². The fourth-order valence-electron chi connectivity index (χ4n) is 3.93. The van der Waals surface area contributed by atoms with Gasteiger partial charge in [-0.25, -0.2) is 0 Å². The number of ether oxygens (including phenoxy) is 1. The number of benzene rings is 3. The van der Waals surface area contributed by atoms with E-state index in [4.69, 9.17) is 17.0 Å².